The number of nitrogens with zero attached hydrogens (tertiary/aromatic N) is 3. The summed E-state index contributed by atoms with van der Waals surface area (Å²) in [6.07, 6.45) is 1.98. The van der Waals surface area contributed by atoms with Crippen molar-refractivity contribution in [3.05, 3.63) is 66.0 Å². The summed E-state index contributed by atoms with van der Waals surface area (Å²) in [7, 11) is 1.85. The zero-order chi connectivity index (χ0) is 19.9. The maximum Gasteiger partial charge on any atom is 0.193 e. The Morgan fingerprint density at radius 2 is 2.03 bits per heavy atom. The molecule has 2 heterocycles. The number of hydrogen-bond donors (Lipinski definition) is 2. The van der Waals surface area contributed by atoms with Gasteiger partial charge in [-0.05, 0) is 24.1 Å². The lowest BCUT2D eigenvalue weighted by Gasteiger charge is -2.21. The zero-order valence-corrected chi connectivity index (χ0v) is 17.0. The molecule has 1 aliphatic rings. The molecule has 0 radical (unpaired) electrons. The van der Waals surface area contributed by atoms with E-state index in [1.807, 2.05) is 31.3 Å². The van der Waals surface area contributed by atoms with Crippen LogP contribution in [0.25, 0.3) is 11.0 Å². The molecule has 2 aromatic carbocycles. The number of likely N-dealkylation sites (tertiary alicyclic amines) is 1. The molecule has 1 aliphatic heterocycles. The lowest BCUT2D eigenvalue weighted by atomic mass is 10.1. The maximum atomic E-state index is 5.93. The quantitative estimate of drug-likeness (QED) is 0.479. The number of guanidine groups is 1. The van der Waals surface area contributed by atoms with Crippen molar-refractivity contribution in [2.24, 2.45) is 10.9 Å². The summed E-state index contributed by atoms with van der Waals surface area (Å²) in [6, 6.07) is 18.5. The predicted molar refractivity (Wildman–Crippen MR) is 117 cm³/mol. The Balaban J connectivity index is 1.20. The second-order valence-electron chi connectivity index (χ2n) is 7.53. The van der Waals surface area contributed by atoms with E-state index >= 15 is 0 Å². The molecule has 0 amide bonds. The third-order valence-electron chi connectivity index (χ3n) is 5.35. The van der Waals surface area contributed by atoms with Crippen LogP contribution < -0.4 is 5.32 Å². The largest absolute Gasteiger partial charge is 0.376 e. The van der Waals surface area contributed by atoms with Gasteiger partial charge in [0.2, 0.25) is 0 Å². The van der Waals surface area contributed by atoms with E-state index in [0.717, 1.165) is 61.9 Å². The highest BCUT2D eigenvalue weighted by molar-refractivity contribution is 5.80. The number of hydrogen-bond acceptors (Lipinski definition) is 3. The molecule has 1 fully saturated rings. The van der Waals surface area contributed by atoms with Gasteiger partial charge in [-0.15, -0.1) is 0 Å². The highest BCUT2D eigenvalue weighted by atomic mass is 16.5. The molecule has 0 bridgehead atoms. The van der Waals surface area contributed by atoms with Crippen molar-refractivity contribution in [2.45, 2.75) is 19.4 Å². The van der Waals surface area contributed by atoms with E-state index < -0.39 is 0 Å². The monoisotopic (exact) mass is 391 g/mol. The molecule has 3 aromatic rings. The van der Waals surface area contributed by atoms with Crippen LogP contribution in [0.15, 0.2) is 59.6 Å². The second kappa shape index (κ2) is 9.56. The Kier molecular flexibility index (Phi) is 6.42. The zero-order valence-electron chi connectivity index (χ0n) is 17.0. The molecule has 2 N–H and O–H groups in total. The third-order valence-corrected chi connectivity index (χ3v) is 5.35. The number of imidazole rings is 1. The summed E-state index contributed by atoms with van der Waals surface area (Å²) in [6.45, 7) is 4.28. The fraction of sp³-hybridized carbons (Fsp3) is 0.391. The number of H-pyrrole nitrogens is 1. The van der Waals surface area contributed by atoms with E-state index in [1.165, 1.54) is 5.56 Å². The molecule has 29 heavy (non-hydrogen) atoms. The Hall–Kier alpha value is -2.86. The van der Waals surface area contributed by atoms with E-state index in [9.17, 15) is 0 Å². The minimum absolute atomic E-state index is 0.549. The van der Waals surface area contributed by atoms with Crippen LogP contribution >= 0.6 is 0 Å². The number of para-hydroxylation sites is 2. The summed E-state index contributed by atoms with van der Waals surface area (Å²) in [5.41, 5.74) is 3.33. The van der Waals surface area contributed by atoms with Gasteiger partial charge in [-0.25, -0.2) is 4.98 Å². The molecular weight excluding hydrogens is 362 g/mol. The lowest BCUT2D eigenvalue weighted by Crippen LogP contribution is -2.41. The van der Waals surface area contributed by atoms with Gasteiger partial charge in [-0.3, -0.25) is 4.99 Å². The average molecular weight is 392 g/mol. The van der Waals surface area contributed by atoms with Crippen LogP contribution in [0.1, 0.15) is 17.8 Å². The molecule has 6 heteroatoms. The molecule has 1 aromatic heterocycles. The first-order valence-corrected chi connectivity index (χ1v) is 10.3. The Labute approximate surface area is 172 Å². The Bertz CT molecular complexity index is 904. The van der Waals surface area contributed by atoms with Gasteiger partial charge in [-0.1, -0.05) is 42.5 Å². The molecule has 1 saturated heterocycles. The summed E-state index contributed by atoms with van der Waals surface area (Å²) in [4.78, 5) is 14.8. The van der Waals surface area contributed by atoms with Gasteiger partial charge in [-0.2, -0.15) is 0 Å². The molecule has 6 nitrogen and oxygen atoms in total. The van der Waals surface area contributed by atoms with E-state index in [4.69, 9.17) is 4.74 Å². The van der Waals surface area contributed by atoms with Crippen molar-refractivity contribution in [1.82, 2.24) is 20.2 Å². The fourth-order valence-electron chi connectivity index (χ4n) is 3.83. The van der Waals surface area contributed by atoms with Gasteiger partial charge in [0.15, 0.2) is 5.96 Å². The number of ether oxygens (including phenoxy) is 1. The molecule has 0 aliphatic carbocycles. The number of aliphatic imine (C=N–C) groups is 1. The molecule has 4 rings (SSSR count). The first kappa shape index (κ1) is 19.5. The Morgan fingerprint density at radius 3 is 2.86 bits per heavy atom. The average Bonchev–Trinajstić information content (AvgIpc) is 3.39. The van der Waals surface area contributed by atoms with Crippen LogP contribution in [-0.2, 0) is 17.8 Å². The normalized spacial score (nSPS) is 17.2. The van der Waals surface area contributed by atoms with Gasteiger partial charge < -0.3 is 19.9 Å². The summed E-state index contributed by atoms with van der Waals surface area (Å²) < 4.78 is 5.93. The molecule has 1 atom stereocenters. The van der Waals surface area contributed by atoms with Gasteiger partial charge in [0.25, 0.3) is 0 Å². The van der Waals surface area contributed by atoms with Crippen LogP contribution in [0.3, 0.4) is 0 Å². The first-order chi connectivity index (χ1) is 14.3. The number of rotatable bonds is 7. The van der Waals surface area contributed by atoms with Crippen molar-refractivity contribution < 1.29 is 4.74 Å². The molecule has 0 saturated carbocycles. The van der Waals surface area contributed by atoms with Gasteiger partial charge in [0.05, 0.1) is 24.2 Å². The van der Waals surface area contributed by atoms with Crippen molar-refractivity contribution in [2.75, 3.05) is 33.3 Å². The fourth-order valence-corrected chi connectivity index (χ4v) is 3.83. The van der Waals surface area contributed by atoms with Crippen LogP contribution in [0, 0.1) is 5.92 Å². The van der Waals surface area contributed by atoms with Crippen molar-refractivity contribution in [3.63, 3.8) is 0 Å². The smallest absolute Gasteiger partial charge is 0.193 e. The van der Waals surface area contributed by atoms with E-state index in [0.29, 0.717) is 12.5 Å². The molecule has 152 valence electrons. The van der Waals surface area contributed by atoms with Crippen LogP contribution in [0.4, 0.5) is 0 Å². The number of fused-ring (bicyclic) bond motifs is 1. The standard InChI is InChI=1S/C23H29N5O/c1-24-23(25-13-11-22-26-20-9-5-6-10-21(20)27-22)28-14-12-19(15-28)17-29-16-18-7-3-2-4-8-18/h2-10,19H,11-17H2,1H3,(H,24,25)(H,26,27). The third kappa shape index (κ3) is 5.15. The minimum atomic E-state index is 0.549. The summed E-state index contributed by atoms with van der Waals surface area (Å²) >= 11 is 0. The number of nitrogens with one attached hydrogen (secondary N) is 2. The van der Waals surface area contributed by atoms with Gasteiger partial charge >= 0.3 is 0 Å². The maximum absolute atomic E-state index is 5.93. The number of benzene rings is 2. The number of aromatic nitrogens is 2. The van der Waals surface area contributed by atoms with Gasteiger partial charge in [0, 0.05) is 39.0 Å². The highest BCUT2D eigenvalue weighted by Crippen LogP contribution is 2.17. The second-order valence-corrected chi connectivity index (χ2v) is 7.53. The topological polar surface area (TPSA) is 65.5 Å². The first-order valence-electron chi connectivity index (χ1n) is 10.3. The van der Waals surface area contributed by atoms with E-state index in [-0.39, 0.29) is 0 Å². The molecular formula is C23H29N5O. The van der Waals surface area contributed by atoms with Crippen LogP contribution in [0.5, 0.6) is 0 Å². The summed E-state index contributed by atoms with van der Waals surface area (Å²) in [5, 5.41) is 3.48. The van der Waals surface area contributed by atoms with Crippen molar-refractivity contribution in [1.29, 1.82) is 0 Å². The van der Waals surface area contributed by atoms with Crippen molar-refractivity contribution >= 4 is 17.0 Å². The molecule has 0 spiro atoms. The minimum Gasteiger partial charge on any atom is -0.376 e. The van der Waals surface area contributed by atoms with Crippen molar-refractivity contribution in [3.8, 4) is 0 Å². The predicted octanol–water partition coefficient (Wildman–Crippen LogP) is 3.22. The SMILES string of the molecule is CN=C(NCCc1nc2ccccc2[nH]1)N1CCC(COCc2ccccc2)C1. The van der Waals surface area contributed by atoms with E-state index in [2.05, 4.69) is 55.5 Å². The molecule has 1 unspecified atom stereocenters. The number of aromatic amines is 1. The Morgan fingerprint density at radius 1 is 1.21 bits per heavy atom. The van der Waals surface area contributed by atoms with Crippen LogP contribution in [0.2, 0.25) is 0 Å². The van der Waals surface area contributed by atoms with Gasteiger partial charge in [0.1, 0.15) is 5.82 Å². The van der Waals surface area contributed by atoms with Crippen LogP contribution in [-0.4, -0.2) is 54.1 Å². The summed E-state index contributed by atoms with van der Waals surface area (Å²) in [5.74, 6) is 2.52. The lowest BCUT2D eigenvalue weighted by molar-refractivity contribution is 0.0907. The highest BCUT2D eigenvalue weighted by Gasteiger charge is 2.24. The van der Waals surface area contributed by atoms with E-state index in [1.54, 1.807) is 0 Å².